The van der Waals surface area contributed by atoms with Crippen molar-refractivity contribution in [1.82, 2.24) is 4.90 Å². The first-order chi connectivity index (χ1) is 6.32. The predicted octanol–water partition coefficient (Wildman–Crippen LogP) is 1.68. The Morgan fingerprint density at radius 3 is 2.21 bits per heavy atom. The van der Waals surface area contributed by atoms with Crippen molar-refractivity contribution in [3.8, 4) is 0 Å². The molecule has 0 bridgehead atoms. The van der Waals surface area contributed by atoms with Gasteiger partial charge >= 0.3 is 6.09 Å². The van der Waals surface area contributed by atoms with Gasteiger partial charge in [-0.2, -0.15) is 0 Å². The van der Waals surface area contributed by atoms with E-state index >= 15 is 0 Å². The lowest BCUT2D eigenvalue weighted by molar-refractivity contribution is 0.0664. The maximum Gasteiger partial charge on any atom is 0.407 e. The fourth-order valence-corrected chi connectivity index (χ4v) is 2.16. The lowest BCUT2D eigenvalue weighted by atomic mass is 10.0. The van der Waals surface area contributed by atoms with E-state index in [2.05, 4.69) is 0 Å². The van der Waals surface area contributed by atoms with E-state index in [1.54, 1.807) is 0 Å². The number of nitrogens with zero attached hydrogens (tertiary/aromatic N) is 1. The number of carbonyl (C=O) groups is 1. The van der Waals surface area contributed by atoms with E-state index < -0.39 is 6.09 Å². The van der Waals surface area contributed by atoms with Crippen LogP contribution in [0.5, 0.6) is 0 Å². The molecule has 82 valence electrons. The molecule has 0 aliphatic heterocycles. The molecule has 0 aromatic rings. The summed E-state index contributed by atoms with van der Waals surface area (Å²) < 4.78 is 0. The summed E-state index contributed by atoms with van der Waals surface area (Å²) in [6.07, 6.45) is 0.833. The second-order valence-corrected chi connectivity index (χ2v) is 4.94. The van der Waals surface area contributed by atoms with Crippen LogP contribution in [-0.2, 0) is 0 Å². The van der Waals surface area contributed by atoms with Gasteiger partial charge in [0, 0.05) is 11.6 Å². The molecule has 0 spiro atoms. The third-order valence-electron chi connectivity index (χ3n) is 2.67. The van der Waals surface area contributed by atoms with Crippen molar-refractivity contribution in [1.29, 1.82) is 0 Å². The topological polar surface area (TPSA) is 60.8 Å². The molecule has 0 heterocycles. The Balaban J connectivity index is 2.74. The number of hydrogen-bond donors (Lipinski definition) is 2. The van der Waals surface area contributed by atoms with Gasteiger partial charge in [-0.15, -0.1) is 0 Å². The van der Waals surface area contributed by atoms with Crippen LogP contribution < -0.4 is 0 Å². The van der Waals surface area contributed by atoms with E-state index in [1.807, 2.05) is 20.8 Å². The smallest absolute Gasteiger partial charge is 0.407 e. The summed E-state index contributed by atoms with van der Waals surface area (Å²) in [5.74, 6) is 0. The minimum Gasteiger partial charge on any atom is -0.465 e. The second-order valence-electron chi connectivity index (χ2n) is 4.94. The molecule has 0 saturated heterocycles. The summed E-state index contributed by atoms with van der Waals surface area (Å²) in [5.41, 5.74) is -0.388. The lowest BCUT2D eigenvalue weighted by Crippen LogP contribution is -2.50. The molecule has 2 N–H and O–H groups in total. The first-order valence-corrected chi connectivity index (χ1v) is 5.02. The van der Waals surface area contributed by atoms with Gasteiger partial charge in [0.1, 0.15) is 0 Å². The average Bonchev–Trinajstić information content (AvgIpc) is 2.31. The van der Waals surface area contributed by atoms with Gasteiger partial charge in [0.15, 0.2) is 0 Å². The Kier molecular flexibility index (Phi) is 3.04. The summed E-state index contributed by atoms with van der Waals surface area (Å²) in [6, 6.07) is -0.0255. The molecule has 0 aromatic heterocycles. The highest BCUT2D eigenvalue weighted by atomic mass is 16.4. The van der Waals surface area contributed by atoms with Gasteiger partial charge in [0.05, 0.1) is 6.10 Å². The molecule has 1 rings (SSSR count). The van der Waals surface area contributed by atoms with Crippen molar-refractivity contribution in [2.75, 3.05) is 0 Å². The van der Waals surface area contributed by atoms with Crippen molar-refractivity contribution >= 4 is 6.09 Å². The van der Waals surface area contributed by atoms with E-state index in [0.717, 1.165) is 6.42 Å². The zero-order valence-corrected chi connectivity index (χ0v) is 9.03. The molecule has 0 radical (unpaired) electrons. The fourth-order valence-electron chi connectivity index (χ4n) is 2.16. The van der Waals surface area contributed by atoms with Crippen molar-refractivity contribution in [3.05, 3.63) is 0 Å². The Morgan fingerprint density at radius 1 is 1.36 bits per heavy atom. The van der Waals surface area contributed by atoms with Crippen LogP contribution in [0, 0.1) is 0 Å². The molecule has 14 heavy (non-hydrogen) atoms. The van der Waals surface area contributed by atoms with Crippen molar-refractivity contribution in [3.63, 3.8) is 0 Å². The van der Waals surface area contributed by atoms with Crippen molar-refractivity contribution < 1.29 is 15.0 Å². The summed E-state index contributed by atoms with van der Waals surface area (Å²) in [7, 11) is 0. The Bertz CT molecular complexity index is 222. The molecule has 4 heteroatoms. The number of aliphatic hydroxyl groups is 1. The van der Waals surface area contributed by atoms with Crippen molar-refractivity contribution in [2.45, 2.75) is 57.7 Å². The van der Waals surface area contributed by atoms with E-state index in [4.69, 9.17) is 5.11 Å². The van der Waals surface area contributed by atoms with Gasteiger partial charge < -0.3 is 15.1 Å². The fraction of sp³-hybridized carbons (Fsp3) is 0.900. The Hall–Kier alpha value is -0.770. The van der Waals surface area contributed by atoms with Crippen LogP contribution in [0.25, 0.3) is 0 Å². The van der Waals surface area contributed by atoms with Crippen LogP contribution >= 0.6 is 0 Å². The van der Waals surface area contributed by atoms with Gasteiger partial charge in [-0.1, -0.05) is 0 Å². The molecule has 1 aliphatic rings. The minimum atomic E-state index is -0.892. The standard InChI is InChI=1S/C10H19NO3/c1-10(2,3)11(9(13)14)7-4-5-8(12)6-7/h7-8,12H,4-6H2,1-3H3,(H,13,14)/t7?,8-/m1/s1. The van der Waals surface area contributed by atoms with E-state index in [1.165, 1.54) is 4.90 Å². The molecule has 1 aliphatic carbocycles. The molecule has 1 saturated carbocycles. The highest BCUT2D eigenvalue weighted by Gasteiger charge is 2.37. The van der Waals surface area contributed by atoms with E-state index in [9.17, 15) is 9.90 Å². The Morgan fingerprint density at radius 2 is 1.93 bits per heavy atom. The first kappa shape index (κ1) is 11.3. The lowest BCUT2D eigenvalue weighted by Gasteiger charge is -2.38. The SMILES string of the molecule is CC(C)(C)N(C(=O)O)C1CC[C@@H](O)C1. The number of amides is 1. The maximum absolute atomic E-state index is 11.1. The molecular weight excluding hydrogens is 182 g/mol. The van der Waals surface area contributed by atoms with Crippen LogP contribution in [0.4, 0.5) is 4.79 Å². The normalized spacial score (nSPS) is 27.7. The van der Waals surface area contributed by atoms with Crippen LogP contribution in [0.3, 0.4) is 0 Å². The second kappa shape index (κ2) is 3.77. The Labute approximate surface area is 84.5 Å². The van der Waals surface area contributed by atoms with Crippen LogP contribution in [-0.4, -0.2) is 38.9 Å². The van der Waals surface area contributed by atoms with Gasteiger partial charge in [0.2, 0.25) is 0 Å². The molecule has 0 aromatic carbocycles. The number of carboxylic acid groups (broad SMARTS) is 1. The molecule has 4 nitrogen and oxygen atoms in total. The van der Waals surface area contributed by atoms with Gasteiger partial charge in [0.25, 0.3) is 0 Å². The van der Waals surface area contributed by atoms with Gasteiger partial charge in [-0.25, -0.2) is 4.79 Å². The van der Waals surface area contributed by atoms with Gasteiger partial charge in [-0.05, 0) is 40.0 Å². The number of rotatable bonds is 1. The summed E-state index contributed by atoms with van der Waals surface area (Å²) in [6.45, 7) is 5.64. The highest BCUT2D eigenvalue weighted by molar-refractivity contribution is 5.66. The quantitative estimate of drug-likeness (QED) is 0.678. The monoisotopic (exact) mass is 201 g/mol. The minimum absolute atomic E-state index is 0.0255. The van der Waals surface area contributed by atoms with Crippen LogP contribution in [0.2, 0.25) is 0 Å². The number of hydrogen-bond acceptors (Lipinski definition) is 2. The van der Waals surface area contributed by atoms with Crippen LogP contribution in [0.1, 0.15) is 40.0 Å². The highest BCUT2D eigenvalue weighted by Crippen LogP contribution is 2.29. The summed E-state index contributed by atoms with van der Waals surface area (Å²) in [5, 5.41) is 18.5. The summed E-state index contributed by atoms with van der Waals surface area (Å²) in [4.78, 5) is 12.5. The third-order valence-corrected chi connectivity index (χ3v) is 2.67. The molecule has 2 atom stereocenters. The largest absolute Gasteiger partial charge is 0.465 e. The average molecular weight is 201 g/mol. The zero-order chi connectivity index (χ0) is 10.9. The predicted molar refractivity (Wildman–Crippen MR) is 53.3 cm³/mol. The summed E-state index contributed by atoms with van der Waals surface area (Å²) >= 11 is 0. The van der Waals surface area contributed by atoms with Crippen molar-refractivity contribution in [2.24, 2.45) is 0 Å². The van der Waals surface area contributed by atoms with Gasteiger partial charge in [-0.3, -0.25) is 0 Å². The molecular formula is C10H19NO3. The maximum atomic E-state index is 11.1. The van der Waals surface area contributed by atoms with E-state index in [0.29, 0.717) is 12.8 Å². The van der Waals surface area contributed by atoms with Crippen LogP contribution in [0.15, 0.2) is 0 Å². The third kappa shape index (κ3) is 2.38. The molecule has 1 amide bonds. The zero-order valence-electron chi connectivity index (χ0n) is 9.03. The number of aliphatic hydroxyl groups excluding tert-OH is 1. The first-order valence-electron chi connectivity index (χ1n) is 5.02. The molecule has 1 unspecified atom stereocenters. The molecule has 1 fully saturated rings. The van der Waals surface area contributed by atoms with E-state index in [-0.39, 0.29) is 17.7 Å².